The average molecular weight is 376 g/mol. The van der Waals surface area contributed by atoms with E-state index in [0.29, 0.717) is 5.56 Å². The number of hydrazine groups is 1. The van der Waals surface area contributed by atoms with Crippen LogP contribution in [0.15, 0.2) is 53.9 Å². The molecule has 1 aromatic heterocycles. The van der Waals surface area contributed by atoms with Crippen LogP contribution in [0.2, 0.25) is 0 Å². The van der Waals surface area contributed by atoms with E-state index < -0.39 is 11.8 Å². The van der Waals surface area contributed by atoms with Crippen LogP contribution in [-0.4, -0.2) is 16.8 Å². The molecule has 2 amide bonds. The molecule has 2 aromatic carbocycles. The number of nitrogens with zero attached hydrogens (tertiary/aromatic N) is 2. The van der Waals surface area contributed by atoms with Gasteiger partial charge in [0, 0.05) is 16.5 Å². The molecule has 0 aliphatic heterocycles. The first-order valence-corrected chi connectivity index (χ1v) is 9.14. The summed E-state index contributed by atoms with van der Waals surface area (Å²) in [7, 11) is 0. The molecule has 0 atom stereocenters. The number of benzene rings is 2. The number of carbonyl (C=O) groups excluding carboxylic acids is 2. The third-order valence-electron chi connectivity index (χ3n) is 3.89. The first kappa shape index (κ1) is 18.3. The molecule has 0 unspecified atom stereocenters. The zero-order chi connectivity index (χ0) is 19.2. The molecular weight excluding hydrogens is 360 g/mol. The minimum Gasteiger partial charge on any atom is -0.267 e. The Morgan fingerprint density at radius 3 is 2.56 bits per heavy atom. The van der Waals surface area contributed by atoms with E-state index in [2.05, 4.69) is 22.8 Å². The Kier molecular flexibility index (Phi) is 5.59. The lowest BCUT2D eigenvalue weighted by Crippen LogP contribution is -2.41. The second-order valence-corrected chi connectivity index (χ2v) is 6.55. The smallest absolute Gasteiger partial charge is 0.267 e. The third-order valence-corrected chi connectivity index (χ3v) is 4.78. The van der Waals surface area contributed by atoms with Crippen molar-refractivity contribution in [2.45, 2.75) is 13.3 Å². The Hall–Kier alpha value is -3.50. The van der Waals surface area contributed by atoms with Gasteiger partial charge in [0.15, 0.2) is 0 Å². The number of thiazole rings is 1. The molecule has 0 radical (unpaired) electrons. The maximum atomic E-state index is 12.2. The molecule has 0 aliphatic rings. The molecule has 6 nitrogen and oxygen atoms in total. The first-order chi connectivity index (χ1) is 13.1. The number of carbonyl (C=O) groups is 2. The molecule has 0 saturated carbocycles. The van der Waals surface area contributed by atoms with Crippen molar-refractivity contribution in [1.29, 1.82) is 5.26 Å². The highest BCUT2D eigenvalue weighted by Crippen LogP contribution is 2.24. The van der Waals surface area contributed by atoms with E-state index in [9.17, 15) is 9.59 Å². The van der Waals surface area contributed by atoms with Crippen molar-refractivity contribution < 1.29 is 9.59 Å². The largest absolute Gasteiger partial charge is 0.289 e. The van der Waals surface area contributed by atoms with Gasteiger partial charge in [0.25, 0.3) is 11.8 Å². The van der Waals surface area contributed by atoms with Gasteiger partial charge >= 0.3 is 0 Å². The van der Waals surface area contributed by atoms with Gasteiger partial charge in [0.1, 0.15) is 10.7 Å². The van der Waals surface area contributed by atoms with Crippen LogP contribution in [0.3, 0.4) is 0 Å². The molecule has 3 aromatic rings. The minimum absolute atomic E-state index is 0.223. The Labute approximate surface area is 160 Å². The van der Waals surface area contributed by atoms with Crippen molar-refractivity contribution >= 4 is 23.2 Å². The Balaban J connectivity index is 1.63. The topological polar surface area (TPSA) is 94.9 Å². The van der Waals surface area contributed by atoms with E-state index in [4.69, 9.17) is 5.26 Å². The van der Waals surface area contributed by atoms with Gasteiger partial charge in [-0.1, -0.05) is 37.3 Å². The summed E-state index contributed by atoms with van der Waals surface area (Å²) >= 11 is 1.36. The Morgan fingerprint density at radius 2 is 1.85 bits per heavy atom. The van der Waals surface area contributed by atoms with Crippen LogP contribution >= 0.6 is 11.3 Å². The van der Waals surface area contributed by atoms with Crippen molar-refractivity contribution in [3.05, 3.63) is 76.3 Å². The zero-order valence-corrected chi connectivity index (χ0v) is 15.3. The van der Waals surface area contributed by atoms with Gasteiger partial charge in [0.05, 0.1) is 11.6 Å². The highest BCUT2D eigenvalue weighted by atomic mass is 32.1. The van der Waals surface area contributed by atoms with Gasteiger partial charge in [0.2, 0.25) is 0 Å². The molecule has 1 heterocycles. The van der Waals surface area contributed by atoms with Crippen molar-refractivity contribution in [1.82, 2.24) is 15.8 Å². The monoisotopic (exact) mass is 376 g/mol. The van der Waals surface area contributed by atoms with Crippen LogP contribution in [0.1, 0.15) is 38.9 Å². The number of aryl methyl sites for hydroxylation is 1. The molecule has 134 valence electrons. The van der Waals surface area contributed by atoms with Crippen molar-refractivity contribution in [3.8, 4) is 16.6 Å². The maximum Gasteiger partial charge on any atom is 0.289 e. The summed E-state index contributed by atoms with van der Waals surface area (Å²) < 4.78 is 0. The van der Waals surface area contributed by atoms with E-state index in [1.807, 2.05) is 30.3 Å². The lowest BCUT2D eigenvalue weighted by Gasteiger charge is -2.06. The lowest BCUT2D eigenvalue weighted by molar-refractivity contribution is 0.0844. The molecule has 0 fully saturated rings. The minimum atomic E-state index is -0.508. The van der Waals surface area contributed by atoms with Crippen molar-refractivity contribution in [2.24, 2.45) is 0 Å². The van der Waals surface area contributed by atoms with Crippen LogP contribution in [0.5, 0.6) is 0 Å². The van der Waals surface area contributed by atoms with Gasteiger partial charge in [-0.25, -0.2) is 4.98 Å². The van der Waals surface area contributed by atoms with Gasteiger partial charge in [-0.15, -0.1) is 11.3 Å². The number of hydrogen-bond donors (Lipinski definition) is 2. The molecule has 0 spiro atoms. The highest BCUT2D eigenvalue weighted by molar-refractivity contribution is 7.13. The number of rotatable bonds is 4. The van der Waals surface area contributed by atoms with Crippen LogP contribution < -0.4 is 10.9 Å². The molecule has 2 N–H and O–H groups in total. The Bertz CT molecular complexity index is 1020. The van der Waals surface area contributed by atoms with Crippen LogP contribution in [0, 0.1) is 11.3 Å². The number of hydrogen-bond acceptors (Lipinski definition) is 5. The van der Waals surface area contributed by atoms with Crippen LogP contribution in [0.4, 0.5) is 0 Å². The molecule has 27 heavy (non-hydrogen) atoms. The van der Waals surface area contributed by atoms with E-state index in [0.717, 1.165) is 17.0 Å². The summed E-state index contributed by atoms with van der Waals surface area (Å²) in [6, 6.07) is 16.2. The molecule has 0 aliphatic carbocycles. The summed E-state index contributed by atoms with van der Waals surface area (Å²) in [5, 5.41) is 11.2. The average Bonchev–Trinajstić information content (AvgIpc) is 3.22. The fourth-order valence-corrected chi connectivity index (χ4v) is 3.18. The van der Waals surface area contributed by atoms with Gasteiger partial charge in [-0.3, -0.25) is 20.4 Å². The second kappa shape index (κ2) is 8.25. The number of amides is 2. The summed E-state index contributed by atoms with van der Waals surface area (Å²) in [5.74, 6) is -1.02. The van der Waals surface area contributed by atoms with Crippen LogP contribution in [0.25, 0.3) is 10.6 Å². The van der Waals surface area contributed by atoms with Gasteiger partial charge < -0.3 is 0 Å². The third kappa shape index (κ3) is 4.37. The molecule has 0 saturated heterocycles. The fourth-order valence-electron chi connectivity index (χ4n) is 2.37. The van der Waals surface area contributed by atoms with Crippen molar-refractivity contribution in [2.75, 3.05) is 0 Å². The van der Waals surface area contributed by atoms with Gasteiger partial charge in [-0.05, 0) is 30.2 Å². The van der Waals surface area contributed by atoms with E-state index in [1.54, 1.807) is 23.6 Å². The van der Waals surface area contributed by atoms with E-state index in [1.165, 1.54) is 23.0 Å². The fraction of sp³-hybridized carbons (Fsp3) is 0.100. The maximum absolute atomic E-state index is 12.2. The van der Waals surface area contributed by atoms with Gasteiger partial charge in [-0.2, -0.15) is 5.26 Å². The highest BCUT2D eigenvalue weighted by Gasteiger charge is 2.13. The summed E-state index contributed by atoms with van der Waals surface area (Å²) in [6.45, 7) is 2.09. The van der Waals surface area contributed by atoms with Crippen molar-refractivity contribution in [3.63, 3.8) is 0 Å². The van der Waals surface area contributed by atoms with E-state index >= 15 is 0 Å². The number of nitriles is 1. The molecule has 0 bridgehead atoms. The zero-order valence-electron chi connectivity index (χ0n) is 14.5. The normalized spacial score (nSPS) is 10.1. The van der Waals surface area contributed by atoms with E-state index in [-0.39, 0.29) is 11.3 Å². The second-order valence-electron chi connectivity index (χ2n) is 5.69. The number of aromatic nitrogens is 1. The lowest BCUT2D eigenvalue weighted by atomic mass is 10.1. The number of nitrogens with one attached hydrogen (secondary N) is 2. The standard InChI is InChI=1S/C20H16N4O2S/c1-2-13-6-8-15(9-7-13)20-22-17(12-27-20)19(26)24-23-18(25)16-5-3-4-14(10-16)11-21/h3-10,12H,2H2,1H3,(H,23,25)(H,24,26). The first-order valence-electron chi connectivity index (χ1n) is 8.26. The molecular formula is C20H16N4O2S. The summed E-state index contributed by atoms with van der Waals surface area (Å²) in [5.41, 5.74) is 7.71. The molecule has 3 rings (SSSR count). The quantitative estimate of drug-likeness (QED) is 0.683. The summed E-state index contributed by atoms with van der Waals surface area (Å²) in [4.78, 5) is 28.6. The van der Waals surface area contributed by atoms with Crippen LogP contribution in [-0.2, 0) is 6.42 Å². The summed E-state index contributed by atoms with van der Waals surface area (Å²) in [6.07, 6.45) is 0.961. The predicted octanol–water partition coefficient (Wildman–Crippen LogP) is 3.32. The Morgan fingerprint density at radius 1 is 1.11 bits per heavy atom. The molecule has 7 heteroatoms. The predicted molar refractivity (Wildman–Crippen MR) is 103 cm³/mol. The SMILES string of the molecule is CCc1ccc(-c2nc(C(=O)NNC(=O)c3cccc(C#N)c3)cs2)cc1.